The molecule has 0 saturated heterocycles. The van der Waals surface area contributed by atoms with Gasteiger partial charge in [0.15, 0.2) is 0 Å². The largest absolute Gasteiger partial charge is 0.508 e. The van der Waals surface area contributed by atoms with E-state index < -0.39 is 6.03 Å². The van der Waals surface area contributed by atoms with Crippen molar-refractivity contribution in [3.8, 4) is 11.5 Å². The number of nitrogens with one attached hydrogen (secondary N) is 2. The van der Waals surface area contributed by atoms with Crippen LogP contribution in [0, 0.1) is 0 Å². The van der Waals surface area contributed by atoms with Crippen LogP contribution in [0.2, 0.25) is 0 Å². The Morgan fingerprint density at radius 2 is 1.43 bits per heavy atom. The number of amides is 2. The first-order chi connectivity index (χ1) is 11.0. The van der Waals surface area contributed by atoms with Gasteiger partial charge in [0.25, 0.3) is 0 Å². The molecule has 0 unspecified atom stereocenters. The summed E-state index contributed by atoms with van der Waals surface area (Å²) in [5, 5.41) is 24.0. The van der Waals surface area contributed by atoms with Crippen molar-refractivity contribution >= 4 is 23.1 Å². The normalized spacial score (nSPS) is 10.2. The zero-order chi connectivity index (χ0) is 16.8. The number of anilines is 3. The van der Waals surface area contributed by atoms with Crippen molar-refractivity contribution in [3.63, 3.8) is 0 Å². The smallest absolute Gasteiger partial charge is 0.323 e. The van der Waals surface area contributed by atoms with Gasteiger partial charge < -0.3 is 25.7 Å². The van der Waals surface area contributed by atoms with Gasteiger partial charge in [0.05, 0.1) is 0 Å². The SMILES string of the molecule is CCN(CC)c1ccc(NC(=O)Nc2cc(O)cc(O)c2)cc1. The molecule has 0 aliphatic heterocycles. The van der Waals surface area contributed by atoms with E-state index in [2.05, 4.69) is 29.4 Å². The monoisotopic (exact) mass is 315 g/mol. The zero-order valence-corrected chi connectivity index (χ0v) is 13.2. The molecule has 0 fully saturated rings. The molecule has 6 nitrogen and oxygen atoms in total. The fourth-order valence-corrected chi connectivity index (χ4v) is 2.31. The van der Waals surface area contributed by atoms with Crippen molar-refractivity contribution in [1.82, 2.24) is 0 Å². The van der Waals surface area contributed by atoms with Gasteiger partial charge in [0, 0.05) is 48.4 Å². The second kappa shape index (κ2) is 7.40. The van der Waals surface area contributed by atoms with Crippen LogP contribution in [0.1, 0.15) is 13.8 Å². The van der Waals surface area contributed by atoms with Crippen molar-refractivity contribution in [1.29, 1.82) is 0 Å². The Morgan fingerprint density at radius 3 is 1.96 bits per heavy atom. The summed E-state index contributed by atoms with van der Waals surface area (Å²) in [7, 11) is 0. The fourth-order valence-electron chi connectivity index (χ4n) is 2.31. The predicted molar refractivity (Wildman–Crippen MR) is 92.4 cm³/mol. The van der Waals surface area contributed by atoms with Crippen molar-refractivity contribution in [2.75, 3.05) is 28.6 Å². The number of rotatable bonds is 5. The lowest BCUT2D eigenvalue weighted by molar-refractivity contribution is 0.262. The van der Waals surface area contributed by atoms with Gasteiger partial charge in [-0.05, 0) is 38.1 Å². The lowest BCUT2D eigenvalue weighted by Crippen LogP contribution is -2.22. The number of hydrogen-bond donors (Lipinski definition) is 4. The molecular weight excluding hydrogens is 294 g/mol. The molecule has 0 bridgehead atoms. The number of phenols is 2. The van der Waals surface area contributed by atoms with E-state index in [1.54, 1.807) is 0 Å². The van der Waals surface area contributed by atoms with E-state index in [1.165, 1.54) is 18.2 Å². The van der Waals surface area contributed by atoms with E-state index in [9.17, 15) is 15.0 Å². The van der Waals surface area contributed by atoms with E-state index >= 15 is 0 Å². The van der Waals surface area contributed by atoms with Crippen LogP contribution in [0.25, 0.3) is 0 Å². The first-order valence-electron chi connectivity index (χ1n) is 7.48. The first-order valence-corrected chi connectivity index (χ1v) is 7.48. The summed E-state index contributed by atoms with van der Waals surface area (Å²) in [4.78, 5) is 14.1. The molecule has 2 aromatic carbocycles. The standard InChI is InChI=1S/C17H21N3O3/c1-3-20(4-2)14-7-5-12(6-8-14)18-17(23)19-13-9-15(21)11-16(22)10-13/h5-11,21-22H,3-4H2,1-2H3,(H2,18,19,23). The second-order valence-corrected chi connectivity index (χ2v) is 5.04. The molecule has 0 radical (unpaired) electrons. The topological polar surface area (TPSA) is 84.8 Å². The molecular formula is C17H21N3O3. The number of hydrogen-bond acceptors (Lipinski definition) is 4. The fraction of sp³-hybridized carbons (Fsp3) is 0.235. The van der Waals surface area contributed by atoms with Crippen LogP contribution in [0.3, 0.4) is 0 Å². The van der Waals surface area contributed by atoms with Crippen LogP contribution in [0.15, 0.2) is 42.5 Å². The Labute approximate surface area is 135 Å². The van der Waals surface area contributed by atoms with Gasteiger partial charge in [-0.2, -0.15) is 0 Å². The molecule has 0 aliphatic carbocycles. The van der Waals surface area contributed by atoms with E-state index in [1.807, 2.05) is 24.3 Å². The minimum atomic E-state index is -0.453. The van der Waals surface area contributed by atoms with Gasteiger partial charge in [0.2, 0.25) is 0 Å². The summed E-state index contributed by atoms with van der Waals surface area (Å²) < 4.78 is 0. The maximum Gasteiger partial charge on any atom is 0.323 e. The summed E-state index contributed by atoms with van der Waals surface area (Å²) in [5.41, 5.74) is 2.06. The van der Waals surface area contributed by atoms with Gasteiger partial charge >= 0.3 is 6.03 Å². The molecule has 122 valence electrons. The number of urea groups is 1. The summed E-state index contributed by atoms with van der Waals surface area (Å²) in [5.74, 6) is -0.243. The minimum Gasteiger partial charge on any atom is -0.508 e. The Hall–Kier alpha value is -2.89. The van der Waals surface area contributed by atoms with Gasteiger partial charge in [0.1, 0.15) is 11.5 Å². The average molecular weight is 315 g/mol. The quantitative estimate of drug-likeness (QED) is 0.679. The number of nitrogens with zero attached hydrogens (tertiary/aromatic N) is 1. The summed E-state index contributed by atoms with van der Waals surface area (Å²) >= 11 is 0. The Kier molecular flexibility index (Phi) is 5.30. The predicted octanol–water partition coefficient (Wildman–Crippen LogP) is 3.59. The number of phenolic OH excluding ortho intramolecular Hbond substituents is 2. The third-order valence-corrected chi connectivity index (χ3v) is 3.41. The second-order valence-electron chi connectivity index (χ2n) is 5.04. The highest BCUT2D eigenvalue weighted by Crippen LogP contribution is 2.24. The van der Waals surface area contributed by atoms with Crippen molar-refractivity contribution in [3.05, 3.63) is 42.5 Å². The first kappa shape index (κ1) is 16.5. The van der Waals surface area contributed by atoms with Crippen molar-refractivity contribution in [2.24, 2.45) is 0 Å². The van der Waals surface area contributed by atoms with Crippen LogP contribution in [-0.4, -0.2) is 29.3 Å². The third-order valence-electron chi connectivity index (χ3n) is 3.41. The van der Waals surface area contributed by atoms with Gasteiger partial charge in [-0.1, -0.05) is 0 Å². The highest BCUT2D eigenvalue weighted by molar-refractivity contribution is 6.00. The van der Waals surface area contributed by atoms with E-state index in [0.29, 0.717) is 11.4 Å². The van der Waals surface area contributed by atoms with Crippen LogP contribution in [0.5, 0.6) is 11.5 Å². The molecule has 23 heavy (non-hydrogen) atoms. The van der Waals surface area contributed by atoms with E-state index in [-0.39, 0.29) is 11.5 Å². The van der Waals surface area contributed by atoms with Crippen LogP contribution >= 0.6 is 0 Å². The molecule has 2 rings (SSSR count). The summed E-state index contributed by atoms with van der Waals surface area (Å²) in [6.45, 7) is 6.02. The van der Waals surface area contributed by atoms with Crippen LogP contribution in [0.4, 0.5) is 21.9 Å². The molecule has 0 aromatic heterocycles. The van der Waals surface area contributed by atoms with Gasteiger partial charge in [-0.25, -0.2) is 4.79 Å². The number of benzene rings is 2. The maximum absolute atomic E-state index is 11.9. The molecule has 0 saturated carbocycles. The summed E-state index contributed by atoms with van der Waals surface area (Å²) in [6.07, 6.45) is 0. The number of aromatic hydroxyl groups is 2. The Morgan fingerprint density at radius 1 is 0.913 bits per heavy atom. The molecule has 0 spiro atoms. The minimum absolute atomic E-state index is 0.121. The Balaban J connectivity index is 2.00. The Bertz CT molecular complexity index is 647. The van der Waals surface area contributed by atoms with Gasteiger partial charge in [-0.15, -0.1) is 0 Å². The highest BCUT2D eigenvalue weighted by atomic mass is 16.3. The molecule has 6 heteroatoms. The lowest BCUT2D eigenvalue weighted by atomic mass is 10.2. The molecule has 0 aliphatic rings. The number of carbonyl (C=O) groups excluding carboxylic acids is 1. The highest BCUT2D eigenvalue weighted by Gasteiger charge is 2.06. The molecule has 4 N–H and O–H groups in total. The number of carbonyl (C=O) groups is 1. The van der Waals surface area contributed by atoms with E-state index in [0.717, 1.165) is 18.8 Å². The van der Waals surface area contributed by atoms with Crippen molar-refractivity contribution in [2.45, 2.75) is 13.8 Å². The summed E-state index contributed by atoms with van der Waals surface area (Å²) in [6, 6.07) is 11.0. The maximum atomic E-state index is 11.9. The molecule has 0 heterocycles. The van der Waals surface area contributed by atoms with Gasteiger partial charge in [-0.3, -0.25) is 0 Å². The molecule has 2 amide bonds. The van der Waals surface area contributed by atoms with Crippen LogP contribution in [-0.2, 0) is 0 Å². The lowest BCUT2D eigenvalue weighted by Gasteiger charge is -2.21. The molecule has 2 aromatic rings. The zero-order valence-electron chi connectivity index (χ0n) is 13.2. The van der Waals surface area contributed by atoms with E-state index in [4.69, 9.17) is 0 Å². The third kappa shape index (κ3) is 4.54. The average Bonchev–Trinajstić information content (AvgIpc) is 2.49. The molecule has 0 atom stereocenters. The van der Waals surface area contributed by atoms with Crippen molar-refractivity contribution < 1.29 is 15.0 Å². The van der Waals surface area contributed by atoms with Crippen LogP contribution < -0.4 is 15.5 Å².